The van der Waals surface area contributed by atoms with E-state index in [1.807, 2.05) is 29.2 Å². The molecule has 110 valence electrons. The van der Waals surface area contributed by atoms with Gasteiger partial charge in [-0.3, -0.25) is 4.79 Å². The molecule has 1 saturated heterocycles. The van der Waals surface area contributed by atoms with Crippen LogP contribution in [-0.4, -0.2) is 55.5 Å². The molecule has 1 amide bonds. The Bertz CT molecular complexity index is 473. The van der Waals surface area contributed by atoms with Crippen molar-refractivity contribution in [2.45, 2.75) is 19.4 Å². The van der Waals surface area contributed by atoms with Gasteiger partial charge in [0, 0.05) is 24.7 Å². The van der Waals surface area contributed by atoms with Crippen molar-refractivity contribution >= 4 is 5.91 Å². The molecule has 1 fully saturated rings. The predicted octanol–water partition coefficient (Wildman–Crippen LogP) is 1.21. The van der Waals surface area contributed by atoms with Gasteiger partial charge in [0.15, 0.2) is 0 Å². The van der Waals surface area contributed by atoms with Crippen LogP contribution in [0.5, 0.6) is 0 Å². The van der Waals surface area contributed by atoms with Gasteiger partial charge in [0.1, 0.15) is 0 Å². The Hall–Kier alpha value is -1.39. The first kappa shape index (κ1) is 15.0. The molecule has 2 unspecified atom stereocenters. The molecular weight excluding hydrogens is 250 g/mol. The molecule has 0 radical (unpaired) electrons. The number of nitrogens with two attached hydrogens (primary N) is 1. The zero-order chi connectivity index (χ0) is 14.7. The third-order valence-electron chi connectivity index (χ3n) is 4.18. The number of carbonyl (C=O) groups excluding carboxylic acids is 1. The Morgan fingerprint density at radius 1 is 1.35 bits per heavy atom. The van der Waals surface area contributed by atoms with Gasteiger partial charge in [0.25, 0.3) is 5.91 Å². The summed E-state index contributed by atoms with van der Waals surface area (Å²) < 4.78 is 0. The van der Waals surface area contributed by atoms with Crippen LogP contribution in [0, 0.1) is 5.92 Å². The molecule has 0 aromatic heterocycles. The Kier molecular flexibility index (Phi) is 4.78. The molecule has 1 aliphatic rings. The molecule has 0 saturated carbocycles. The highest BCUT2D eigenvalue weighted by Crippen LogP contribution is 2.23. The standard InChI is InChI=1S/C16H25N3O/c1-12-10-19(11-15(12)18(2)3)16(20)14-7-5-4-6-13(14)8-9-17/h4-7,12,15H,8-11,17H2,1-3H3. The highest BCUT2D eigenvalue weighted by atomic mass is 16.2. The van der Waals surface area contributed by atoms with Crippen LogP contribution < -0.4 is 5.73 Å². The number of likely N-dealkylation sites (N-methyl/N-ethyl adjacent to an activating group) is 1. The van der Waals surface area contributed by atoms with Gasteiger partial charge in [-0.15, -0.1) is 0 Å². The van der Waals surface area contributed by atoms with E-state index >= 15 is 0 Å². The number of benzene rings is 1. The molecule has 1 aromatic rings. The van der Waals surface area contributed by atoms with Crippen LogP contribution in [0.1, 0.15) is 22.8 Å². The smallest absolute Gasteiger partial charge is 0.254 e. The van der Waals surface area contributed by atoms with Gasteiger partial charge in [-0.25, -0.2) is 0 Å². The highest BCUT2D eigenvalue weighted by molar-refractivity contribution is 5.96. The Morgan fingerprint density at radius 3 is 2.65 bits per heavy atom. The Morgan fingerprint density at radius 2 is 2.05 bits per heavy atom. The molecule has 4 nitrogen and oxygen atoms in total. The summed E-state index contributed by atoms with van der Waals surface area (Å²) in [5, 5.41) is 0. The second kappa shape index (κ2) is 6.37. The van der Waals surface area contributed by atoms with Crippen LogP contribution in [0.3, 0.4) is 0 Å². The zero-order valence-electron chi connectivity index (χ0n) is 12.7. The maximum absolute atomic E-state index is 12.7. The van der Waals surface area contributed by atoms with E-state index in [4.69, 9.17) is 5.73 Å². The topological polar surface area (TPSA) is 49.6 Å². The van der Waals surface area contributed by atoms with Crippen molar-refractivity contribution in [3.8, 4) is 0 Å². The molecule has 20 heavy (non-hydrogen) atoms. The number of hydrogen-bond acceptors (Lipinski definition) is 3. The lowest BCUT2D eigenvalue weighted by molar-refractivity contribution is 0.0780. The lowest BCUT2D eigenvalue weighted by atomic mass is 10.0. The first-order valence-corrected chi connectivity index (χ1v) is 7.28. The molecule has 0 spiro atoms. The number of hydrogen-bond donors (Lipinski definition) is 1. The van der Waals surface area contributed by atoms with E-state index in [1.54, 1.807) is 0 Å². The summed E-state index contributed by atoms with van der Waals surface area (Å²) in [7, 11) is 4.16. The minimum absolute atomic E-state index is 0.144. The molecule has 2 atom stereocenters. The van der Waals surface area contributed by atoms with E-state index in [-0.39, 0.29) is 5.91 Å². The van der Waals surface area contributed by atoms with E-state index < -0.39 is 0 Å². The predicted molar refractivity (Wildman–Crippen MR) is 81.7 cm³/mol. The van der Waals surface area contributed by atoms with Crippen molar-refractivity contribution in [2.75, 3.05) is 33.7 Å². The fourth-order valence-electron chi connectivity index (χ4n) is 3.06. The molecule has 1 aliphatic heterocycles. The number of amides is 1. The first-order chi connectivity index (χ1) is 9.54. The summed E-state index contributed by atoms with van der Waals surface area (Å²) in [6.45, 7) is 4.42. The maximum atomic E-state index is 12.7. The van der Waals surface area contributed by atoms with Crippen LogP contribution in [0.2, 0.25) is 0 Å². The average Bonchev–Trinajstić information content (AvgIpc) is 2.81. The monoisotopic (exact) mass is 275 g/mol. The van der Waals surface area contributed by atoms with E-state index in [9.17, 15) is 4.79 Å². The Balaban J connectivity index is 2.17. The van der Waals surface area contributed by atoms with Crippen LogP contribution in [-0.2, 0) is 6.42 Å². The lowest BCUT2D eigenvalue weighted by Crippen LogP contribution is -2.36. The summed E-state index contributed by atoms with van der Waals surface area (Å²) in [6, 6.07) is 8.26. The van der Waals surface area contributed by atoms with E-state index in [0.717, 1.165) is 30.6 Å². The third-order valence-corrected chi connectivity index (χ3v) is 4.18. The fraction of sp³-hybridized carbons (Fsp3) is 0.562. The van der Waals surface area contributed by atoms with Gasteiger partial charge >= 0.3 is 0 Å². The minimum Gasteiger partial charge on any atom is -0.337 e. The summed E-state index contributed by atoms with van der Waals surface area (Å²) in [5.41, 5.74) is 7.50. The molecule has 1 heterocycles. The van der Waals surface area contributed by atoms with Crippen molar-refractivity contribution < 1.29 is 4.79 Å². The van der Waals surface area contributed by atoms with Crippen LogP contribution in [0.25, 0.3) is 0 Å². The summed E-state index contributed by atoms with van der Waals surface area (Å²) in [5.74, 6) is 0.654. The third kappa shape index (κ3) is 3.02. The number of likely N-dealkylation sites (tertiary alicyclic amines) is 1. The van der Waals surface area contributed by atoms with Gasteiger partial charge < -0.3 is 15.5 Å². The van der Waals surface area contributed by atoms with Gasteiger partial charge in [-0.05, 0) is 44.6 Å². The summed E-state index contributed by atoms with van der Waals surface area (Å²) >= 11 is 0. The van der Waals surface area contributed by atoms with Crippen LogP contribution in [0.4, 0.5) is 0 Å². The quantitative estimate of drug-likeness (QED) is 0.898. The lowest BCUT2D eigenvalue weighted by Gasteiger charge is -2.22. The summed E-state index contributed by atoms with van der Waals surface area (Å²) in [6.07, 6.45) is 0.752. The minimum atomic E-state index is 0.144. The maximum Gasteiger partial charge on any atom is 0.254 e. The first-order valence-electron chi connectivity index (χ1n) is 7.28. The molecule has 2 N–H and O–H groups in total. The zero-order valence-corrected chi connectivity index (χ0v) is 12.7. The van der Waals surface area contributed by atoms with Crippen LogP contribution in [0.15, 0.2) is 24.3 Å². The second-order valence-corrected chi connectivity index (χ2v) is 5.91. The SMILES string of the molecule is CC1CN(C(=O)c2ccccc2CCN)CC1N(C)C. The molecule has 1 aromatic carbocycles. The number of rotatable bonds is 4. The van der Waals surface area contributed by atoms with Gasteiger partial charge in [-0.1, -0.05) is 25.1 Å². The van der Waals surface area contributed by atoms with Gasteiger partial charge in [0.05, 0.1) is 0 Å². The highest BCUT2D eigenvalue weighted by Gasteiger charge is 2.34. The molecule has 2 rings (SSSR count). The number of carbonyl (C=O) groups is 1. The van der Waals surface area contributed by atoms with E-state index in [2.05, 4.69) is 25.9 Å². The van der Waals surface area contributed by atoms with Crippen LogP contribution >= 0.6 is 0 Å². The molecule has 4 heteroatoms. The average molecular weight is 275 g/mol. The van der Waals surface area contributed by atoms with Crippen molar-refractivity contribution in [3.63, 3.8) is 0 Å². The van der Waals surface area contributed by atoms with E-state index in [1.165, 1.54) is 0 Å². The van der Waals surface area contributed by atoms with Crippen molar-refractivity contribution in [2.24, 2.45) is 11.7 Å². The fourth-order valence-corrected chi connectivity index (χ4v) is 3.06. The summed E-state index contributed by atoms with van der Waals surface area (Å²) in [4.78, 5) is 16.9. The number of nitrogens with zero attached hydrogens (tertiary/aromatic N) is 2. The normalized spacial score (nSPS) is 22.6. The van der Waals surface area contributed by atoms with Crippen molar-refractivity contribution in [1.29, 1.82) is 0 Å². The van der Waals surface area contributed by atoms with Gasteiger partial charge in [0.2, 0.25) is 0 Å². The largest absolute Gasteiger partial charge is 0.337 e. The molecule has 0 aliphatic carbocycles. The van der Waals surface area contributed by atoms with Gasteiger partial charge in [-0.2, -0.15) is 0 Å². The van der Waals surface area contributed by atoms with E-state index in [0.29, 0.717) is 18.5 Å². The second-order valence-electron chi connectivity index (χ2n) is 5.91. The van der Waals surface area contributed by atoms with Crippen molar-refractivity contribution in [1.82, 2.24) is 9.80 Å². The molecule has 0 bridgehead atoms. The Labute approximate surface area is 121 Å². The van der Waals surface area contributed by atoms with Crippen molar-refractivity contribution in [3.05, 3.63) is 35.4 Å². The molecular formula is C16H25N3O.